The SMILES string of the molecule is CC(F)(F)C(=O)N[C@@H]1CC(=O)N(c2cc3cnn(-c4ccc(F)cc4)c3cn2)[C@H]1c1ccccc1. The summed E-state index contributed by atoms with van der Waals surface area (Å²) in [6.07, 6.45) is 2.98. The van der Waals surface area contributed by atoms with Gasteiger partial charge in [0.1, 0.15) is 11.6 Å². The molecular weight excluding hydrogens is 459 g/mol. The number of hydrogen-bond donors (Lipinski definition) is 1. The summed E-state index contributed by atoms with van der Waals surface area (Å²) in [5, 5.41) is 7.36. The minimum atomic E-state index is -3.58. The van der Waals surface area contributed by atoms with Crippen LogP contribution in [0.25, 0.3) is 16.6 Å². The molecule has 0 saturated carbocycles. The van der Waals surface area contributed by atoms with Crippen LogP contribution in [0.4, 0.5) is 19.0 Å². The van der Waals surface area contributed by atoms with Crippen LogP contribution in [0.3, 0.4) is 0 Å². The van der Waals surface area contributed by atoms with E-state index in [2.05, 4.69) is 15.4 Å². The molecular formula is C25H20F3N5O2. The summed E-state index contributed by atoms with van der Waals surface area (Å²) in [6.45, 7) is 0.517. The predicted octanol–water partition coefficient (Wildman–Crippen LogP) is 4.18. The second kappa shape index (κ2) is 8.53. The molecule has 2 atom stereocenters. The standard InChI is InChI=1S/C25H20F3N5O2/c1-25(27,28)24(35)31-19-12-22(34)32(23(19)15-5-3-2-4-6-15)21-11-16-13-30-33(20(16)14-29-21)18-9-7-17(26)8-10-18/h2-11,13-14,19,23H,12H2,1H3,(H,31,35)/t19-,23+/m1/s1. The number of pyridine rings is 1. The van der Waals surface area contributed by atoms with Crippen molar-refractivity contribution in [2.24, 2.45) is 0 Å². The van der Waals surface area contributed by atoms with Crippen molar-refractivity contribution in [2.75, 3.05) is 4.90 Å². The molecule has 0 bridgehead atoms. The maximum absolute atomic E-state index is 13.6. The minimum Gasteiger partial charge on any atom is -0.345 e. The number of carbonyl (C=O) groups is 2. The number of fused-ring (bicyclic) bond motifs is 1. The fourth-order valence-electron chi connectivity index (χ4n) is 4.29. The van der Waals surface area contributed by atoms with Crippen LogP contribution in [0.5, 0.6) is 0 Å². The smallest absolute Gasteiger partial charge is 0.321 e. The van der Waals surface area contributed by atoms with Gasteiger partial charge in [0, 0.05) is 18.7 Å². The van der Waals surface area contributed by atoms with Crippen molar-refractivity contribution in [3.8, 4) is 5.69 Å². The lowest BCUT2D eigenvalue weighted by Gasteiger charge is -2.29. The first-order valence-corrected chi connectivity index (χ1v) is 10.9. The van der Waals surface area contributed by atoms with E-state index < -0.39 is 23.9 Å². The summed E-state index contributed by atoms with van der Waals surface area (Å²) in [4.78, 5) is 31.0. The summed E-state index contributed by atoms with van der Waals surface area (Å²) in [7, 11) is 0. The van der Waals surface area contributed by atoms with Crippen LogP contribution in [0.15, 0.2) is 73.1 Å². The summed E-state index contributed by atoms with van der Waals surface area (Å²) in [5.74, 6) is -5.45. The molecule has 1 aliphatic heterocycles. The first kappa shape index (κ1) is 22.6. The average Bonchev–Trinajstić information content (AvgIpc) is 3.39. The van der Waals surface area contributed by atoms with Crippen molar-refractivity contribution in [1.29, 1.82) is 0 Å². The van der Waals surface area contributed by atoms with Gasteiger partial charge in [-0.1, -0.05) is 30.3 Å². The lowest BCUT2D eigenvalue weighted by molar-refractivity contribution is -0.143. The number of benzene rings is 2. The highest BCUT2D eigenvalue weighted by atomic mass is 19.3. The molecule has 7 nitrogen and oxygen atoms in total. The first-order chi connectivity index (χ1) is 16.7. The molecule has 1 N–H and O–H groups in total. The number of halogens is 3. The van der Waals surface area contributed by atoms with E-state index in [1.54, 1.807) is 65.6 Å². The summed E-state index contributed by atoms with van der Waals surface area (Å²) in [5.41, 5.74) is 1.95. The third kappa shape index (κ3) is 4.23. The Hall–Kier alpha value is -4.21. The van der Waals surface area contributed by atoms with Crippen molar-refractivity contribution in [3.63, 3.8) is 0 Å². The van der Waals surface area contributed by atoms with Gasteiger partial charge in [-0.3, -0.25) is 14.5 Å². The van der Waals surface area contributed by atoms with Gasteiger partial charge in [-0.25, -0.2) is 14.1 Å². The molecule has 0 aliphatic carbocycles. The van der Waals surface area contributed by atoms with Crippen molar-refractivity contribution in [2.45, 2.75) is 31.4 Å². The third-order valence-corrected chi connectivity index (χ3v) is 5.94. The van der Waals surface area contributed by atoms with Gasteiger partial charge >= 0.3 is 5.92 Å². The van der Waals surface area contributed by atoms with Gasteiger partial charge in [-0.05, 0) is 35.9 Å². The molecule has 0 spiro atoms. The van der Waals surface area contributed by atoms with Gasteiger partial charge in [0.25, 0.3) is 5.91 Å². The molecule has 5 rings (SSSR count). The molecule has 1 fully saturated rings. The second-order valence-electron chi connectivity index (χ2n) is 8.43. The Balaban J connectivity index is 1.53. The lowest BCUT2D eigenvalue weighted by Crippen LogP contribution is -2.46. The number of aromatic nitrogens is 3. The topological polar surface area (TPSA) is 80.1 Å². The Kier molecular flexibility index (Phi) is 5.50. The number of carbonyl (C=O) groups excluding carboxylic acids is 2. The van der Waals surface area contributed by atoms with Crippen molar-refractivity contribution in [1.82, 2.24) is 20.1 Å². The first-order valence-electron chi connectivity index (χ1n) is 10.9. The molecule has 1 saturated heterocycles. The van der Waals surface area contributed by atoms with Gasteiger partial charge in [-0.2, -0.15) is 13.9 Å². The zero-order chi connectivity index (χ0) is 24.7. The largest absolute Gasteiger partial charge is 0.345 e. The zero-order valence-electron chi connectivity index (χ0n) is 18.5. The summed E-state index contributed by atoms with van der Waals surface area (Å²) in [6, 6.07) is 14.8. The van der Waals surface area contributed by atoms with Crippen LogP contribution in [0.1, 0.15) is 24.9 Å². The molecule has 2 amide bonds. The van der Waals surface area contributed by atoms with Crippen LogP contribution < -0.4 is 10.2 Å². The fraction of sp³-hybridized carbons (Fsp3) is 0.200. The Morgan fingerprint density at radius 3 is 2.49 bits per heavy atom. The molecule has 10 heteroatoms. The van der Waals surface area contributed by atoms with Crippen LogP contribution >= 0.6 is 0 Å². The summed E-state index contributed by atoms with van der Waals surface area (Å²) >= 11 is 0. The van der Waals surface area contributed by atoms with Gasteiger partial charge in [0.15, 0.2) is 0 Å². The van der Waals surface area contributed by atoms with Crippen molar-refractivity contribution >= 4 is 28.5 Å². The normalized spacial score (nSPS) is 18.3. The second-order valence-corrected chi connectivity index (χ2v) is 8.43. The van der Waals surface area contributed by atoms with E-state index >= 15 is 0 Å². The zero-order valence-corrected chi connectivity index (χ0v) is 18.5. The van der Waals surface area contributed by atoms with E-state index in [0.717, 1.165) is 0 Å². The fourth-order valence-corrected chi connectivity index (χ4v) is 4.29. The number of nitrogens with zero attached hydrogens (tertiary/aromatic N) is 4. The lowest BCUT2D eigenvalue weighted by atomic mass is 9.99. The molecule has 35 heavy (non-hydrogen) atoms. The Labute approximate surface area is 198 Å². The molecule has 2 aromatic heterocycles. The van der Waals surface area contributed by atoms with Crippen LogP contribution in [-0.2, 0) is 9.59 Å². The molecule has 1 aliphatic rings. The van der Waals surface area contributed by atoms with Gasteiger partial charge in [0.2, 0.25) is 5.91 Å². The molecule has 3 heterocycles. The average molecular weight is 479 g/mol. The van der Waals surface area contributed by atoms with Gasteiger partial charge in [0.05, 0.1) is 35.7 Å². The van der Waals surface area contributed by atoms with E-state index in [9.17, 15) is 22.8 Å². The predicted molar refractivity (Wildman–Crippen MR) is 123 cm³/mol. The van der Waals surface area contributed by atoms with Crippen LogP contribution in [0.2, 0.25) is 0 Å². The number of rotatable bonds is 5. The molecule has 178 valence electrons. The number of alkyl halides is 2. The van der Waals surface area contributed by atoms with Gasteiger partial charge in [-0.15, -0.1) is 0 Å². The quantitative estimate of drug-likeness (QED) is 0.466. The summed E-state index contributed by atoms with van der Waals surface area (Å²) < 4.78 is 42.1. The molecule has 0 radical (unpaired) electrons. The highest BCUT2D eigenvalue weighted by Gasteiger charge is 2.45. The van der Waals surface area contributed by atoms with E-state index in [4.69, 9.17) is 0 Å². The number of nitrogens with one attached hydrogen (secondary N) is 1. The number of anilines is 1. The Morgan fingerprint density at radius 2 is 1.80 bits per heavy atom. The van der Waals surface area contributed by atoms with E-state index in [1.165, 1.54) is 17.0 Å². The number of hydrogen-bond acceptors (Lipinski definition) is 4. The molecule has 2 aromatic carbocycles. The highest BCUT2D eigenvalue weighted by Crippen LogP contribution is 2.38. The highest BCUT2D eigenvalue weighted by molar-refractivity contribution is 5.99. The monoisotopic (exact) mass is 479 g/mol. The number of amides is 2. The maximum Gasteiger partial charge on any atom is 0.321 e. The van der Waals surface area contributed by atoms with Crippen molar-refractivity contribution in [3.05, 3.63) is 84.4 Å². The van der Waals surface area contributed by atoms with Crippen LogP contribution in [0, 0.1) is 5.82 Å². The molecule has 0 unspecified atom stereocenters. The molecule has 4 aromatic rings. The Morgan fingerprint density at radius 1 is 1.09 bits per heavy atom. The maximum atomic E-state index is 13.6. The van der Waals surface area contributed by atoms with E-state index in [0.29, 0.717) is 34.9 Å². The van der Waals surface area contributed by atoms with Crippen molar-refractivity contribution < 1.29 is 22.8 Å². The Bertz CT molecular complexity index is 1400. The van der Waals surface area contributed by atoms with Gasteiger partial charge < -0.3 is 5.32 Å². The van der Waals surface area contributed by atoms with E-state index in [1.807, 2.05) is 0 Å². The van der Waals surface area contributed by atoms with E-state index in [-0.39, 0.29) is 18.1 Å². The van der Waals surface area contributed by atoms with Crippen LogP contribution in [-0.4, -0.2) is 38.5 Å². The minimum absolute atomic E-state index is 0.157. The third-order valence-electron chi connectivity index (χ3n) is 5.94.